The van der Waals surface area contributed by atoms with E-state index in [0.29, 0.717) is 11.9 Å². The molecule has 3 heteroatoms. The fourth-order valence-electron chi connectivity index (χ4n) is 2.52. The standard InChI is InChI=1S/C13H19ClN2/c1-2-16(12-7-3-4-8-12)13-9-5-6-11(10-14)15-13/h5-6,9,12H,2-4,7-8,10H2,1H3. The Hall–Kier alpha value is -0.760. The molecule has 0 amide bonds. The molecule has 2 rings (SSSR count). The maximum atomic E-state index is 5.83. The van der Waals surface area contributed by atoms with E-state index in [1.165, 1.54) is 25.7 Å². The molecule has 0 N–H and O–H groups in total. The van der Waals surface area contributed by atoms with Gasteiger partial charge in [-0.2, -0.15) is 0 Å². The molecule has 0 aromatic carbocycles. The van der Waals surface area contributed by atoms with E-state index in [1.807, 2.05) is 6.07 Å². The summed E-state index contributed by atoms with van der Waals surface area (Å²) in [4.78, 5) is 7.02. The molecule has 1 aromatic heterocycles. The fourth-order valence-corrected chi connectivity index (χ4v) is 2.67. The van der Waals surface area contributed by atoms with Gasteiger partial charge in [-0.25, -0.2) is 4.98 Å². The summed E-state index contributed by atoms with van der Waals surface area (Å²) in [5.74, 6) is 1.59. The number of aromatic nitrogens is 1. The van der Waals surface area contributed by atoms with Crippen LogP contribution in [0, 0.1) is 0 Å². The van der Waals surface area contributed by atoms with Crippen LogP contribution in [0.5, 0.6) is 0 Å². The molecule has 0 radical (unpaired) electrons. The van der Waals surface area contributed by atoms with E-state index < -0.39 is 0 Å². The van der Waals surface area contributed by atoms with Gasteiger partial charge in [0.2, 0.25) is 0 Å². The molecular formula is C13H19ClN2. The van der Waals surface area contributed by atoms with E-state index in [1.54, 1.807) is 0 Å². The van der Waals surface area contributed by atoms with Crippen molar-refractivity contribution < 1.29 is 0 Å². The third kappa shape index (κ3) is 2.49. The summed E-state index contributed by atoms with van der Waals surface area (Å²) in [7, 11) is 0. The van der Waals surface area contributed by atoms with Crippen LogP contribution >= 0.6 is 11.6 Å². The van der Waals surface area contributed by atoms with Crippen LogP contribution in [-0.2, 0) is 5.88 Å². The lowest BCUT2D eigenvalue weighted by atomic mass is 10.2. The predicted molar refractivity (Wildman–Crippen MR) is 69.1 cm³/mol. The molecule has 0 aliphatic heterocycles. The van der Waals surface area contributed by atoms with E-state index in [4.69, 9.17) is 11.6 Å². The Morgan fingerprint density at radius 2 is 2.12 bits per heavy atom. The number of rotatable bonds is 4. The Kier molecular flexibility index (Phi) is 4.05. The van der Waals surface area contributed by atoms with Gasteiger partial charge in [-0.1, -0.05) is 18.9 Å². The summed E-state index contributed by atoms with van der Waals surface area (Å²) >= 11 is 5.83. The van der Waals surface area contributed by atoms with E-state index >= 15 is 0 Å². The Balaban J connectivity index is 2.18. The first-order chi connectivity index (χ1) is 7.85. The zero-order valence-corrected chi connectivity index (χ0v) is 10.6. The largest absolute Gasteiger partial charge is 0.354 e. The van der Waals surface area contributed by atoms with E-state index in [9.17, 15) is 0 Å². The number of halogens is 1. The molecule has 0 spiro atoms. The summed E-state index contributed by atoms with van der Waals surface area (Å²) in [6.07, 6.45) is 5.33. The minimum Gasteiger partial charge on any atom is -0.354 e. The molecule has 0 unspecified atom stereocenters. The number of pyridine rings is 1. The molecule has 1 saturated carbocycles. The third-order valence-corrected chi connectivity index (χ3v) is 3.60. The molecule has 1 fully saturated rings. The lowest BCUT2D eigenvalue weighted by Gasteiger charge is -2.29. The number of anilines is 1. The van der Waals surface area contributed by atoms with Crippen molar-refractivity contribution in [2.75, 3.05) is 11.4 Å². The van der Waals surface area contributed by atoms with Crippen LogP contribution in [0.2, 0.25) is 0 Å². The first kappa shape index (κ1) is 11.7. The highest BCUT2D eigenvalue weighted by molar-refractivity contribution is 6.16. The maximum absolute atomic E-state index is 5.83. The van der Waals surface area contributed by atoms with E-state index in [-0.39, 0.29) is 0 Å². The normalized spacial score (nSPS) is 16.6. The topological polar surface area (TPSA) is 16.1 Å². The third-order valence-electron chi connectivity index (χ3n) is 3.33. The molecule has 88 valence electrons. The number of nitrogens with zero attached hydrogens (tertiary/aromatic N) is 2. The van der Waals surface area contributed by atoms with Gasteiger partial charge in [-0.3, -0.25) is 0 Å². The second kappa shape index (κ2) is 5.53. The molecule has 16 heavy (non-hydrogen) atoms. The number of hydrogen-bond donors (Lipinski definition) is 0. The number of alkyl halides is 1. The lowest BCUT2D eigenvalue weighted by Crippen LogP contribution is -2.33. The second-order valence-corrected chi connectivity index (χ2v) is 4.61. The predicted octanol–water partition coefficient (Wildman–Crippen LogP) is 3.59. The van der Waals surface area contributed by atoms with Crippen molar-refractivity contribution in [2.24, 2.45) is 0 Å². The van der Waals surface area contributed by atoms with Crippen molar-refractivity contribution in [1.82, 2.24) is 4.98 Å². The summed E-state index contributed by atoms with van der Waals surface area (Å²) < 4.78 is 0. The van der Waals surface area contributed by atoms with Gasteiger partial charge in [-0.15, -0.1) is 11.6 Å². The molecule has 1 aromatic rings. The zero-order valence-electron chi connectivity index (χ0n) is 9.82. The highest BCUT2D eigenvalue weighted by atomic mass is 35.5. The fraction of sp³-hybridized carbons (Fsp3) is 0.615. The Bertz CT molecular complexity index is 334. The highest BCUT2D eigenvalue weighted by Gasteiger charge is 2.22. The van der Waals surface area contributed by atoms with Crippen LogP contribution in [0.4, 0.5) is 5.82 Å². The lowest BCUT2D eigenvalue weighted by molar-refractivity contribution is 0.612. The minimum absolute atomic E-state index is 0.496. The summed E-state index contributed by atoms with van der Waals surface area (Å²) in [6, 6.07) is 6.82. The van der Waals surface area contributed by atoms with Crippen molar-refractivity contribution in [3.05, 3.63) is 23.9 Å². The Morgan fingerprint density at radius 3 is 2.75 bits per heavy atom. The van der Waals surface area contributed by atoms with Gasteiger partial charge in [0.25, 0.3) is 0 Å². The Morgan fingerprint density at radius 1 is 1.38 bits per heavy atom. The van der Waals surface area contributed by atoms with Crippen LogP contribution in [0.15, 0.2) is 18.2 Å². The van der Waals surface area contributed by atoms with Crippen LogP contribution in [0.25, 0.3) is 0 Å². The smallest absolute Gasteiger partial charge is 0.129 e. The first-order valence-corrected chi connectivity index (χ1v) is 6.67. The van der Waals surface area contributed by atoms with Crippen molar-refractivity contribution in [3.8, 4) is 0 Å². The monoisotopic (exact) mass is 238 g/mol. The van der Waals surface area contributed by atoms with Crippen LogP contribution in [0.1, 0.15) is 38.3 Å². The maximum Gasteiger partial charge on any atom is 0.129 e. The summed E-state index contributed by atoms with van der Waals surface area (Å²) in [5, 5.41) is 0. The van der Waals surface area contributed by atoms with Gasteiger partial charge >= 0.3 is 0 Å². The van der Waals surface area contributed by atoms with Gasteiger partial charge in [0.1, 0.15) is 5.82 Å². The minimum atomic E-state index is 0.496. The van der Waals surface area contributed by atoms with Crippen LogP contribution in [0.3, 0.4) is 0 Å². The van der Waals surface area contributed by atoms with Crippen LogP contribution in [-0.4, -0.2) is 17.6 Å². The van der Waals surface area contributed by atoms with E-state index in [2.05, 4.69) is 28.9 Å². The average Bonchev–Trinajstić information content (AvgIpc) is 2.84. The van der Waals surface area contributed by atoms with Gasteiger partial charge in [0.05, 0.1) is 11.6 Å². The molecule has 1 aliphatic carbocycles. The SMILES string of the molecule is CCN(c1cccc(CCl)n1)C1CCCC1. The molecule has 0 bridgehead atoms. The van der Waals surface area contributed by atoms with Gasteiger partial charge in [0.15, 0.2) is 0 Å². The van der Waals surface area contributed by atoms with Gasteiger partial charge < -0.3 is 4.90 Å². The quantitative estimate of drug-likeness (QED) is 0.746. The van der Waals surface area contributed by atoms with Crippen molar-refractivity contribution in [3.63, 3.8) is 0 Å². The molecule has 1 aliphatic rings. The first-order valence-electron chi connectivity index (χ1n) is 6.13. The molecule has 0 atom stereocenters. The molecular weight excluding hydrogens is 220 g/mol. The van der Waals surface area contributed by atoms with Gasteiger partial charge in [0, 0.05) is 12.6 Å². The highest BCUT2D eigenvalue weighted by Crippen LogP contribution is 2.27. The summed E-state index contributed by atoms with van der Waals surface area (Å²) in [6.45, 7) is 3.23. The number of hydrogen-bond acceptors (Lipinski definition) is 2. The molecule has 1 heterocycles. The summed E-state index contributed by atoms with van der Waals surface area (Å²) in [5.41, 5.74) is 0.968. The average molecular weight is 239 g/mol. The molecule has 2 nitrogen and oxygen atoms in total. The zero-order chi connectivity index (χ0) is 11.4. The van der Waals surface area contributed by atoms with Gasteiger partial charge in [-0.05, 0) is 31.9 Å². The van der Waals surface area contributed by atoms with E-state index in [0.717, 1.165) is 18.1 Å². The van der Waals surface area contributed by atoms with Crippen LogP contribution < -0.4 is 4.90 Å². The van der Waals surface area contributed by atoms with Crippen molar-refractivity contribution >= 4 is 17.4 Å². The second-order valence-electron chi connectivity index (χ2n) is 4.35. The van der Waals surface area contributed by atoms with Crippen molar-refractivity contribution in [1.29, 1.82) is 0 Å². The Labute approximate surface area is 103 Å². The molecule has 0 saturated heterocycles. The van der Waals surface area contributed by atoms with Crippen molar-refractivity contribution in [2.45, 2.75) is 44.5 Å².